The molecule has 0 spiro atoms. The van der Waals surface area contributed by atoms with Crippen molar-refractivity contribution in [3.8, 4) is 0 Å². The molecule has 0 aliphatic carbocycles. The number of carboxylic acid groups (broad SMARTS) is 1. The van der Waals surface area contributed by atoms with Crippen LogP contribution in [0.3, 0.4) is 0 Å². The Morgan fingerprint density at radius 2 is 2.24 bits per heavy atom. The van der Waals surface area contributed by atoms with Gasteiger partial charge in [0, 0.05) is 17.5 Å². The SMILES string of the molecule is O=C(O)CCc1cnc(CC2CCSCC2)s1. The fourth-order valence-electron chi connectivity index (χ4n) is 1.99. The van der Waals surface area contributed by atoms with Crippen molar-refractivity contribution in [3.63, 3.8) is 0 Å². The molecule has 1 N–H and O–H groups in total. The van der Waals surface area contributed by atoms with E-state index in [0.717, 1.165) is 17.2 Å². The summed E-state index contributed by atoms with van der Waals surface area (Å²) in [5, 5.41) is 9.81. The molecule has 0 radical (unpaired) electrons. The number of aliphatic carboxylic acids is 1. The van der Waals surface area contributed by atoms with E-state index in [9.17, 15) is 4.79 Å². The largest absolute Gasteiger partial charge is 0.481 e. The number of carboxylic acids is 1. The summed E-state index contributed by atoms with van der Waals surface area (Å²) in [4.78, 5) is 16.0. The summed E-state index contributed by atoms with van der Waals surface area (Å²) < 4.78 is 0. The average Bonchev–Trinajstić information content (AvgIpc) is 2.75. The predicted octanol–water partition coefficient (Wildman–Crippen LogP) is 2.85. The van der Waals surface area contributed by atoms with Crippen LogP contribution in [0, 0.1) is 5.92 Å². The van der Waals surface area contributed by atoms with Crippen molar-refractivity contribution >= 4 is 29.1 Å². The number of hydrogen-bond donors (Lipinski definition) is 1. The van der Waals surface area contributed by atoms with Crippen LogP contribution >= 0.6 is 23.1 Å². The molecule has 1 aliphatic heterocycles. The lowest BCUT2D eigenvalue weighted by atomic mass is 9.99. The molecule has 1 fully saturated rings. The molecule has 0 amide bonds. The normalized spacial score (nSPS) is 17.2. The smallest absolute Gasteiger partial charge is 0.303 e. The van der Waals surface area contributed by atoms with Gasteiger partial charge in [0.15, 0.2) is 0 Å². The molecule has 94 valence electrons. The summed E-state index contributed by atoms with van der Waals surface area (Å²) in [5.74, 6) is 2.61. The molecular formula is C12H17NO2S2. The first-order valence-corrected chi connectivity index (χ1v) is 7.94. The van der Waals surface area contributed by atoms with Gasteiger partial charge < -0.3 is 5.11 Å². The minimum atomic E-state index is -0.732. The summed E-state index contributed by atoms with van der Waals surface area (Å²) in [6.07, 6.45) is 6.36. The Labute approximate surface area is 110 Å². The van der Waals surface area contributed by atoms with Gasteiger partial charge in [0.05, 0.1) is 11.4 Å². The molecule has 1 saturated heterocycles. The van der Waals surface area contributed by atoms with Gasteiger partial charge >= 0.3 is 5.97 Å². The highest BCUT2D eigenvalue weighted by Gasteiger charge is 2.16. The minimum absolute atomic E-state index is 0.210. The van der Waals surface area contributed by atoms with Crippen LogP contribution in [0.1, 0.15) is 29.1 Å². The Balaban J connectivity index is 1.82. The monoisotopic (exact) mass is 271 g/mol. The lowest BCUT2D eigenvalue weighted by Crippen LogP contribution is -2.11. The van der Waals surface area contributed by atoms with E-state index in [0.29, 0.717) is 6.42 Å². The van der Waals surface area contributed by atoms with Crippen LogP contribution in [0.25, 0.3) is 0 Å². The lowest BCUT2D eigenvalue weighted by Gasteiger charge is -2.19. The zero-order chi connectivity index (χ0) is 12.1. The second-order valence-electron chi connectivity index (χ2n) is 4.37. The summed E-state index contributed by atoms with van der Waals surface area (Å²) in [6.45, 7) is 0. The van der Waals surface area contributed by atoms with Gasteiger partial charge in [-0.15, -0.1) is 11.3 Å². The van der Waals surface area contributed by atoms with Crippen molar-refractivity contribution in [2.75, 3.05) is 11.5 Å². The molecule has 0 bridgehead atoms. The number of aromatic nitrogens is 1. The lowest BCUT2D eigenvalue weighted by molar-refractivity contribution is -0.136. The molecule has 5 heteroatoms. The van der Waals surface area contributed by atoms with Crippen LogP contribution in [-0.4, -0.2) is 27.6 Å². The van der Waals surface area contributed by atoms with Crippen LogP contribution in [0.15, 0.2) is 6.20 Å². The maximum absolute atomic E-state index is 10.5. The number of hydrogen-bond acceptors (Lipinski definition) is 4. The zero-order valence-corrected chi connectivity index (χ0v) is 11.4. The van der Waals surface area contributed by atoms with Crippen LogP contribution in [0.2, 0.25) is 0 Å². The van der Waals surface area contributed by atoms with Crippen LogP contribution in [0.4, 0.5) is 0 Å². The first-order valence-electron chi connectivity index (χ1n) is 5.97. The maximum atomic E-state index is 10.5. The third-order valence-corrected chi connectivity index (χ3v) is 5.12. The molecule has 0 atom stereocenters. The molecule has 17 heavy (non-hydrogen) atoms. The summed E-state index contributed by atoms with van der Waals surface area (Å²) in [7, 11) is 0. The van der Waals surface area contributed by atoms with E-state index in [1.165, 1.54) is 29.4 Å². The number of thiazole rings is 1. The number of carbonyl (C=O) groups is 1. The van der Waals surface area contributed by atoms with Crippen molar-refractivity contribution in [2.24, 2.45) is 5.92 Å². The molecule has 1 aromatic heterocycles. The maximum Gasteiger partial charge on any atom is 0.303 e. The number of nitrogens with zero attached hydrogens (tertiary/aromatic N) is 1. The van der Waals surface area contributed by atoms with E-state index in [-0.39, 0.29) is 6.42 Å². The third kappa shape index (κ3) is 4.32. The highest BCUT2D eigenvalue weighted by molar-refractivity contribution is 7.99. The second kappa shape index (κ2) is 6.40. The molecule has 3 nitrogen and oxygen atoms in total. The van der Waals surface area contributed by atoms with Crippen molar-refractivity contribution in [3.05, 3.63) is 16.1 Å². The van der Waals surface area contributed by atoms with Gasteiger partial charge in [-0.25, -0.2) is 4.98 Å². The Kier molecular flexibility index (Phi) is 4.86. The van der Waals surface area contributed by atoms with E-state index >= 15 is 0 Å². The van der Waals surface area contributed by atoms with E-state index in [1.54, 1.807) is 11.3 Å². The van der Waals surface area contributed by atoms with Crippen molar-refractivity contribution < 1.29 is 9.90 Å². The molecule has 0 unspecified atom stereocenters. The predicted molar refractivity (Wildman–Crippen MR) is 71.8 cm³/mol. The standard InChI is InChI=1S/C12H17NO2S2/c14-12(15)2-1-10-8-13-11(17-10)7-9-3-5-16-6-4-9/h8-9H,1-7H2,(H,14,15). The van der Waals surface area contributed by atoms with Crippen molar-refractivity contribution in [1.82, 2.24) is 4.98 Å². The molecule has 2 rings (SSSR count). The third-order valence-electron chi connectivity index (χ3n) is 2.99. The first kappa shape index (κ1) is 12.9. The summed E-state index contributed by atoms with van der Waals surface area (Å²) in [6, 6.07) is 0. The highest BCUT2D eigenvalue weighted by atomic mass is 32.2. The molecular weight excluding hydrogens is 254 g/mol. The van der Waals surface area contributed by atoms with Crippen molar-refractivity contribution in [2.45, 2.75) is 32.1 Å². The van der Waals surface area contributed by atoms with E-state index in [1.807, 2.05) is 18.0 Å². The van der Waals surface area contributed by atoms with Gasteiger partial charge in [-0.1, -0.05) is 0 Å². The highest BCUT2D eigenvalue weighted by Crippen LogP contribution is 2.27. The van der Waals surface area contributed by atoms with Gasteiger partial charge in [-0.05, 0) is 36.7 Å². The van der Waals surface area contributed by atoms with E-state index < -0.39 is 5.97 Å². The van der Waals surface area contributed by atoms with E-state index in [4.69, 9.17) is 5.11 Å². The van der Waals surface area contributed by atoms with Crippen LogP contribution in [0.5, 0.6) is 0 Å². The Bertz CT molecular complexity index is 372. The number of thioether (sulfide) groups is 1. The number of aryl methyl sites for hydroxylation is 1. The molecule has 2 heterocycles. The molecule has 0 saturated carbocycles. The van der Waals surface area contributed by atoms with Gasteiger partial charge in [-0.2, -0.15) is 11.8 Å². The van der Waals surface area contributed by atoms with Crippen molar-refractivity contribution in [1.29, 1.82) is 0 Å². The Morgan fingerprint density at radius 3 is 2.94 bits per heavy atom. The minimum Gasteiger partial charge on any atom is -0.481 e. The average molecular weight is 271 g/mol. The zero-order valence-electron chi connectivity index (χ0n) is 9.72. The summed E-state index contributed by atoms with van der Waals surface area (Å²) >= 11 is 3.73. The fraction of sp³-hybridized carbons (Fsp3) is 0.667. The first-order chi connectivity index (χ1) is 8.24. The van der Waals surface area contributed by atoms with E-state index in [2.05, 4.69) is 4.98 Å². The quantitative estimate of drug-likeness (QED) is 0.894. The number of rotatable bonds is 5. The Morgan fingerprint density at radius 1 is 1.47 bits per heavy atom. The molecule has 1 aromatic rings. The van der Waals surface area contributed by atoms with Gasteiger partial charge in [0.25, 0.3) is 0 Å². The van der Waals surface area contributed by atoms with Crippen LogP contribution < -0.4 is 0 Å². The topological polar surface area (TPSA) is 50.2 Å². The van der Waals surface area contributed by atoms with Gasteiger partial charge in [-0.3, -0.25) is 4.79 Å². The van der Waals surface area contributed by atoms with Crippen LogP contribution in [-0.2, 0) is 17.6 Å². The fourth-order valence-corrected chi connectivity index (χ4v) is 4.23. The molecule has 0 aromatic carbocycles. The van der Waals surface area contributed by atoms with Gasteiger partial charge in [0.2, 0.25) is 0 Å². The Hall–Kier alpha value is -0.550. The summed E-state index contributed by atoms with van der Waals surface area (Å²) in [5.41, 5.74) is 0. The molecule has 1 aliphatic rings. The van der Waals surface area contributed by atoms with Gasteiger partial charge in [0.1, 0.15) is 0 Å². The second-order valence-corrected chi connectivity index (χ2v) is 6.80.